The van der Waals surface area contributed by atoms with Crippen LogP contribution in [0.25, 0.3) is 0 Å². The number of rotatable bonds is 3. The predicted octanol–water partition coefficient (Wildman–Crippen LogP) is 1.46. The zero-order valence-electron chi connectivity index (χ0n) is 7.63. The molecule has 0 fully saturated rings. The van der Waals surface area contributed by atoms with Crippen molar-refractivity contribution < 1.29 is 9.18 Å². The Hall–Kier alpha value is -1.16. The first-order chi connectivity index (χ1) is 6.61. The number of carbonyl (C=O) groups is 1. The van der Waals surface area contributed by atoms with Crippen molar-refractivity contribution in [2.45, 2.75) is 18.8 Å². The van der Waals surface area contributed by atoms with Crippen molar-refractivity contribution in [3.8, 4) is 0 Å². The molecule has 0 saturated heterocycles. The summed E-state index contributed by atoms with van der Waals surface area (Å²) >= 11 is 5.51. The molecular formula is C9H10ClFN2O. The molecule has 0 spiro atoms. The van der Waals surface area contributed by atoms with Crippen LogP contribution in [0.15, 0.2) is 18.3 Å². The molecule has 1 aromatic rings. The first kappa shape index (κ1) is 10.9. The normalized spacial score (nSPS) is 12.2. The highest BCUT2D eigenvalue weighted by Gasteiger charge is 2.09. The van der Waals surface area contributed by atoms with Gasteiger partial charge >= 0.3 is 0 Å². The van der Waals surface area contributed by atoms with Gasteiger partial charge in [0, 0.05) is 6.20 Å². The van der Waals surface area contributed by atoms with E-state index in [9.17, 15) is 9.18 Å². The van der Waals surface area contributed by atoms with Crippen LogP contribution >= 0.6 is 11.6 Å². The van der Waals surface area contributed by atoms with E-state index >= 15 is 0 Å². The second-order valence-electron chi connectivity index (χ2n) is 2.77. The summed E-state index contributed by atoms with van der Waals surface area (Å²) in [6.07, 6.45) is 1.47. The van der Waals surface area contributed by atoms with E-state index in [0.717, 1.165) is 0 Å². The van der Waals surface area contributed by atoms with Crippen LogP contribution < -0.4 is 5.32 Å². The highest BCUT2D eigenvalue weighted by atomic mass is 35.5. The molecule has 1 rings (SSSR count). The van der Waals surface area contributed by atoms with Gasteiger partial charge in [-0.15, -0.1) is 11.6 Å². The van der Waals surface area contributed by atoms with Gasteiger partial charge in [0.1, 0.15) is 11.2 Å². The first-order valence-electron chi connectivity index (χ1n) is 4.12. The van der Waals surface area contributed by atoms with E-state index in [1.807, 2.05) is 0 Å². The summed E-state index contributed by atoms with van der Waals surface area (Å²) in [6, 6.07) is 2.78. The lowest BCUT2D eigenvalue weighted by Gasteiger charge is -2.05. The van der Waals surface area contributed by atoms with Crippen molar-refractivity contribution >= 4 is 17.5 Å². The molecule has 1 amide bonds. The molecule has 3 nitrogen and oxygen atoms in total. The molecule has 1 atom stereocenters. The molecule has 0 saturated carbocycles. The van der Waals surface area contributed by atoms with E-state index in [2.05, 4.69) is 10.3 Å². The summed E-state index contributed by atoms with van der Waals surface area (Å²) in [6.45, 7) is 1.61. The number of nitrogens with zero attached hydrogens (tertiary/aromatic N) is 1. The van der Waals surface area contributed by atoms with Crippen LogP contribution in [0.1, 0.15) is 12.6 Å². The summed E-state index contributed by atoms with van der Waals surface area (Å²) in [4.78, 5) is 14.8. The van der Waals surface area contributed by atoms with Gasteiger partial charge in [0.2, 0.25) is 5.91 Å². The molecule has 0 bridgehead atoms. The minimum atomic E-state index is -0.623. The zero-order valence-corrected chi connectivity index (χ0v) is 8.38. The van der Waals surface area contributed by atoms with Crippen molar-refractivity contribution in [1.29, 1.82) is 0 Å². The number of pyridine rings is 1. The Morgan fingerprint density at radius 1 is 1.79 bits per heavy atom. The van der Waals surface area contributed by atoms with E-state index in [4.69, 9.17) is 11.6 Å². The lowest BCUT2D eigenvalue weighted by Crippen LogP contribution is -2.29. The van der Waals surface area contributed by atoms with Gasteiger partial charge in [-0.25, -0.2) is 4.39 Å². The Balaban J connectivity index is 2.54. The van der Waals surface area contributed by atoms with Crippen LogP contribution in [-0.4, -0.2) is 16.3 Å². The largest absolute Gasteiger partial charge is 0.349 e. The SMILES string of the molecule is CC(Cl)C(=O)NCc1ncccc1F. The summed E-state index contributed by atoms with van der Waals surface area (Å²) < 4.78 is 13.0. The molecule has 0 radical (unpaired) electrons. The lowest BCUT2D eigenvalue weighted by atomic mass is 10.3. The number of carbonyl (C=O) groups excluding carboxylic acids is 1. The summed E-state index contributed by atoms with van der Waals surface area (Å²) in [7, 11) is 0. The van der Waals surface area contributed by atoms with Gasteiger partial charge in [-0.05, 0) is 19.1 Å². The van der Waals surface area contributed by atoms with Crippen molar-refractivity contribution in [1.82, 2.24) is 10.3 Å². The maximum Gasteiger partial charge on any atom is 0.238 e. The van der Waals surface area contributed by atoms with E-state index in [-0.39, 0.29) is 18.1 Å². The highest BCUT2D eigenvalue weighted by Crippen LogP contribution is 2.02. The standard InChI is InChI=1S/C9H10ClFN2O/c1-6(10)9(14)13-5-8-7(11)3-2-4-12-8/h2-4,6H,5H2,1H3,(H,13,14). The van der Waals surface area contributed by atoms with Gasteiger partial charge in [0.25, 0.3) is 0 Å². The minimum absolute atomic E-state index is 0.0581. The summed E-state index contributed by atoms with van der Waals surface area (Å²) in [5, 5.41) is 1.84. The number of alkyl halides is 1. The highest BCUT2D eigenvalue weighted by molar-refractivity contribution is 6.30. The fraction of sp³-hybridized carbons (Fsp3) is 0.333. The van der Waals surface area contributed by atoms with Crippen LogP contribution in [-0.2, 0) is 11.3 Å². The smallest absolute Gasteiger partial charge is 0.238 e. The third-order valence-electron chi connectivity index (χ3n) is 1.63. The zero-order chi connectivity index (χ0) is 10.6. The first-order valence-corrected chi connectivity index (χ1v) is 4.56. The Morgan fingerprint density at radius 2 is 2.50 bits per heavy atom. The molecule has 76 valence electrons. The monoisotopic (exact) mass is 216 g/mol. The molecule has 14 heavy (non-hydrogen) atoms. The summed E-state index contributed by atoms with van der Waals surface area (Å²) in [5.41, 5.74) is 0.207. The van der Waals surface area contributed by atoms with Crippen LogP contribution in [0.4, 0.5) is 4.39 Å². The maximum atomic E-state index is 13.0. The van der Waals surface area contributed by atoms with Gasteiger partial charge in [0.15, 0.2) is 0 Å². The second-order valence-corrected chi connectivity index (χ2v) is 3.42. The van der Waals surface area contributed by atoms with Crippen molar-refractivity contribution in [2.24, 2.45) is 0 Å². The van der Waals surface area contributed by atoms with Crippen molar-refractivity contribution in [3.05, 3.63) is 29.8 Å². The topological polar surface area (TPSA) is 42.0 Å². The fourth-order valence-electron chi connectivity index (χ4n) is 0.860. The minimum Gasteiger partial charge on any atom is -0.349 e. The number of aromatic nitrogens is 1. The summed E-state index contributed by atoms with van der Waals surface area (Å²) in [5.74, 6) is -0.772. The average Bonchev–Trinajstić information content (AvgIpc) is 2.16. The third kappa shape index (κ3) is 2.96. The van der Waals surface area contributed by atoms with Crippen molar-refractivity contribution in [3.63, 3.8) is 0 Å². The molecular weight excluding hydrogens is 207 g/mol. The molecule has 1 N–H and O–H groups in total. The van der Waals surface area contributed by atoms with Gasteiger partial charge in [-0.1, -0.05) is 0 Å². The van der Waals surface area contributed by atoms with Crippen LogP contribution in [0.5, 0.6) is 0 Å². The lowest BCUT2D eigenvalue weighted by molar-refractivity contribution is -0.120. The van der Waals surface area contributed by atoms with Crippen LogP contribution in [0, 0.1) is 5.82 Å². The molecule has 0 aromatic carbocycles. The van der Waals surface area contributed by atoms with Crippen molar-refractivity contribution in [2.75, 3.05) is 0 Å². The fourth-order valence-corrected chi connectivity index (χ4v) is 0.937. The molecule has 1 unspecified atom stereocenters. The maximum absolute atomic E-state index is 13.0. The van der Waals surface area contributed by atoms with Gasteiger partial charge < -0.3 is 5.32 Å². The third-order valence-corrected chi connectivity index (χ3v) is 1.82. The predicted molar refractivity (Wildman–Crippen MR) is 51.4 cm³/mol. The Bertz CT molecular complexity index is 330. The van der Waals surface area contributed by atoms with Crippen LogP contribution in [0.3, 0.4) is 0 Å². The van der Waals surface area contributed by atoms with E-state index in [1.54, 1.807) is 6.92 Å². The molecule has 1 aromatic heterocycles. The molecule has 1 heterocycles. The van der Waals surface area contributed by atoms with Gasteiger partial charge in [0.05, 0.1) is 12.2 Å². The Morgan fingerprint density at radius 3 is 3.07 bits per heavy atom. The number of hydrogen-bond donors (Lipinski definition) is 1. The van der Waals surface area contributed by atoms with E-state index in [1.165, 1.54) is 18.3 Å². The second kappa shape index (κ2) is 4.91. The quantitative estimate of drug-likeness (QED) is 0.778. The number of nitrogens with one attached hydrogen (secondary N) is 1. The molecule has 5 heteroatoms. The van der Waals surface area contributed by atoms with Crippen LogP contribution in [0.2, 0.25) is 0 Å². The molecule has 0 aliphatic rings. The van der Waals surface area contributed by atoms with Gasteiger partial charge in [-0.2, -0.15) is 0 Å². The Labute approximate surface area is 86.3 Å². The molecule has 0 aliphatic carbocycles. The van der Waals surface area contributed by atoms with E-state index < -0.39 is 11.2 Å². The number of amides is 1. The number of halogens is 2. The van der Waals surface area contributed by atoms with E-state index in [0.29, 0.717) is 0 Å². The van der Waals surface area contributed by atoms with Gasteiger partial charge in [-0.3, -0.25) is 9.78 Å². The Kier molecular flexibility index (Phi) is 3.83. The number of hydrogen-bond acceptors (Lipinski definition) is 2. The average molecular weight is 217 g/mol. The molecule has 0 aliphatic heterocycles.